The zero-order valence-corrected chi connectivity index (χ0v) is 17.4. The van der Waals surface area contributed by atoms with E-state index in [4.69, 9.17) is 16.3 Å². The van der Waals surface area contributed by atoms with E-state index in [-0.39, 0.29) is 11.7 Å². The molecule has 2 amide bonds. The normalized spacial score (nSPS) is 15.0. The Balaban J connectivity index is 2.43. The van der Waals surface area contributed by atoms with E-state index < -0.39 is 36.0 Å². The van der Waals surface area contributed by atoms with E-state index in [1.165, 1.54) is 0 Å². The van der Waals surface area contributed by atoms with Crippen molar-refractivity contribution in [1.29, 1.82) is 0 Å². The van der Waals surface area contributed by atoms with Gasteiger partial charge in [0.25, 0.3) is 0 Å². The Labute approximate surface area is 139 Å². The third-order valence-corrected chi connectivity index (χ3v) is 9.47. The number of hydrogen-bond acceptors (Lipinski definition) is 4. The summed E-state index contributed by atoms with van der Waals surface area (Å²) in [6.07, 6.45) is 1.13. The number of ether oxygens (including phenoxy) is 1. The zero-order chi connectivity index (χ0) is 16.9. The van der Waals surface area contributed by atoms with Crippen LogP contribution in [0.5, 0.6) is 0 Å². The third kappa shape index (κ3) is 3.40. The topological polar surface area (TPSA) is 59.5 Å². The van der Waals surface area contributed by atoms with Gasteiger partial charge in [-0.15, -0.1) is 0 Å². The van der Waals surface area contributed by atoms with Crippen LogP contribution in [-0.2, 0) is 11.3 Å². The maximum atomic E-state index is 12.5. The van der Waals surface area contributed by atoms with Gasteiger partial charge in [-0.05, 0) is 0 Å². The van der Waals surface area contributed by atoms with E-state index in [0.29, 0.717) is 5.56 Å². The predicted octanol–water partition coefficient (Wildman–Crippen LogP) is 3.17. The molecule has 0 bridgehead atoms. The van der Waals surface area contributed by atoms with Crippen LogP contribution < -0.4 is 3.58 Å². The second-order valence-corrected chi connectivity index (χ2v) is 22.2. The van der Waals surface area contributed by atoms with Crippen molar-refractivity contribution in [3.8, 4) is 0 Å². The monoisotopic (exact) mass is 432 g/mol. The fourth-order valence-corrected chi connectivity index (χ4v) is 7.08. The second-order valence-electron chi connectivity index (χ2n) is 7.44. The van der Waals surface area contributed by atoms with Gasteiger partial charge in [-0.3, -0.25) is 0 Å². The number of nitrogens with zero attached hydrogens (tertiary/aromatic N) is 2. The Morgan fingerprint density at radius 2 is 1.95 bits per heavy atom. The van der Waals surface area contributed by atoms with Crippen LogP contribution in [0.2, 0.25) is 20.0 Å². The molecule has 0 saturated heterocycles. The minimum atomic E-state index is -2.48. The third-order valence-electron chi connectivity index (χ3n) is 3.34. The molecule has 1 aromatic rings. The number of pyridine rings is 1. The van der Waals surface area contributed by atoms with E-state index in [1.807, 2.05) is 0 Å². The molecule has 22 heavy (non-hydrogen) atoms. The first-order valence-electron chi connectivity index (χ1n) is 7.14. The van der Waals surface area contributed by atoms with Gasteiger partial charge in [0.2, 0.25) is 0 Å². The van der Waals surface area contributed by atoms with Crippen LogP contribution >= 0.6 is 11.6 Å². The van der Waals surface area contributed by atoms with Crippen LogP contribution in [-0.4, -0.2) is 45.9 Å². The van der Waals surface area contributed by atoms with E-state index in [0.717, 1.165) is 14.0 Å². The molecule has 0 unspecified atom stereocenters. The van der Waals surface area contributed by atoms with Gasteiger partial charge in [-0.25, -0.2) is 0 Å². The standard InChI is InChI=1S/C12H12ClN2O3.3CH3.Sn/c1-12(2,3)18-11(17)15-6-7-4-5-14-9(13)8(7)10(15)16;;;;/h5H,6H2,1-3H3;3*1H3;. The van der Waals surface area contributed by atoms with Crippen LogP contribution in [0, 0.1) is 0 Å². The molecule has 2 heterocycles. The van der Waals surface area contributed by atoms with Gasteiger partial charge >= 0.3 is 140 Å². The molecule has 1 aliphatic rings. The Morgan fingerprint density at radius 1 is 1.36 bits per heavy atom. The molecule has 0 N–H and O–H groups in total. The van der Waals surface area contributed by atoms with Crippen molar-refractivity contribution in [3.63, 3.8) is 0 Å². The summed E-state index contributed by atoms with van der Waals surface area (Å²) < 4.78 is 6.43. The van der Waals surface area contributed by atoms with Crippen molar-refractivity contribution in [2.75, 3.05) is 0 Å². The fourth-order valence-electron chi connectivity index (χ4n) is 2.38. The van der Waals surface area contributed by atoms with E-state index >= 15 is 0 Å². The van der Waals surface area contributed by atoms with Gasteiger partial charge in [0.05, 0.1) is 0 Å². The van der Waals surface area contributed by atoms with Gasteiger partial charge in [-0.1, -0.05) is 0 Å². The van der Waals surface area contributed by atoms with Gasteiger partial charge < -0.3 is 0 Å². The maximum absolute atomic E-state index is 12.5. The number of carbonyl (C=O) groups excluding carboxylic acids is 2. The summed E-state index contributed by atoms with van der Waals surface area (Å²) >= 11 is 3.63. The Morgan fingerprint density at radius 3 is 2.45 bits per heavy atom. The molecule has 0 aliphatic carbocycles. The van der Waals surface area contributed by atoms with E-state index in [1.54, 1.807) is 27.0 Å². The number of carbonyl (C=O) groups is 2. The molecule has 0 aromatic carbocycles. The number of aromatic nitrogens is 1. The average Bonchev–Trinajstić information content (AvgIpc) is 2.64. The molecule has 0 atom stereocenters. The van der Waals surface area contributed by atoms with Crippen LogP contribution in [0.25, 0.3) is 0 Å². The van der Waals surface area contributed by atoms with Gasteiger partial charge in [0.15, 0.2) is 0 Å². The van der Waals surface area contributed by atoms with Crippen LogP contribution in [0.3, 0.4) is 0 Å². The summed E-state index contributed by atoms with van der Waals surface area (Å²) in [5.41, 5.74) is 0.552. The fraction of sp³-hybridized carbons (Fsp3) is 0.533. The van der Waals surface area contributed by atoms with Crippen molar-refractivity contribution in [2.45, 2.75) is 47.7 Å². The summed E-state index contributed by atoms with van der Waals surface area (Å²) in [5, 5.41) is 0.158. The molecule has 0 fully saturated rings. The number of imide groups is 1. The SMILES string of the molecule is CC(C)(C)OC(=O)N1Cc2[c]([Sn]([CH3])([CH3])[CH3])cnc(Cl)c2C1=O. The summed E-state index contributed by atoms with van der Waals surface area (Å²) in [6, 6.07) is 0. The van der Waals surface area contributed by atoms with Crippen molar-refractivity contribution in [2.24, 2.45) is 0 Å². The first kappa shape index (κ1) is 17.5. The second kappa shape index (κ2) is 5.67. The molecule has 0 radical (unpaired) electrons. The van der Waals surface area contributed by atoms with Crippen LogP contribution in [0.4, 0.5) is 4.79 Å². The Kier molecular flexibility index (Phi) is 4.52. The van der Waals surface area contributed by atoms with Gasteiger partial charge in [0, 0.05) is 0 Å². The molecular weight excluding hydrogens is 410 g/mol. The molecular formula is C15H21ClN2O3Sn. The van der Waals surface area contributed by atoms with Gasteiger partial charge in [-0.2, -0.15) is 0 Å². The molecule has 7 heteroatoms. The van der Waals surface area contributed by atoms with Crippen molar-refractivity contribution < 1.29 is 14.3 Å². The minimum absolute atomic E-state index is 0.158. The van der Waals surface area contributed by atoms with E-state index in [2.05, 4.69) is 19.8 Å². The van der Waals surface area contributed by atoms with Crippen molar-refractivity contribution in [1.82, 2.24) is 9.88 Å². The summed E-state index contributed by atoms with van der Waals surface area (Å²) in [7, 11) is 0. The molecule has 0 saturated carbocycles. The average molecular weight is 432 g/mol. The molecule has 5 nitrogen and oxygen atoms in total. The first-order chi connectivity index (χ1) is 9.92. The summed E-state index contributed by atoms with van der Waals surface area (Å²) in [5.74, 6) is -0.417. The van der Waals surface area contributed by atoms with Crippen molar-refractivity contribution in [3.05, 3.63) is 22.5 Å². The number of halogens is 1. The molecule has 1 aromatic heterocycles. The van der Waals surface area contributed by atoms with Gasteiger partial charge in [0.1, 0.15) is 0 Å². The Bertz CT molecular complexity index is 647. The Hall–Kier alpha value is -0.821. The molecule has 1 aliphatic heterocycles. The van der Waals surface area contributed by atoms with Crippen molar-refractivity contribution >= 4 is 45.6 Å². The molecule has 120 valence electrons. The zero-order valence-electron chi connectivity index (χ0n) is 13.8. The number of hydrogen-bond donors (Lipinski definition) is 0. The predicted molar refractivity (Wildman–Crippen MR) is 88.3 cm³/mol. The number of fused-ring (bicyclic) bond motifs is 1. The number of rotatable bonds is 1. The van der Waals surface area contributed by atoms with E-state index in [9.17, 15) is 9.59 Å². The quantitative estimate of drug-likeness (QED) is 0.506. The number of amides is 2. The summed E-state index contributed by atoms with van der Waals surface area (Å²) in [4.78, 5) is 36.8. The molecule has 2 rings (SSSR count). The first-order valence-corrected chi connectivity index (χ1v) is 17.5. The van der Waals surface area contributed by atoms with Crippen LogP contribution in [0.1, 0.15) is 36.7 Å². The van der Waals surface area contributed by atoms with Crippen LogP contribution in [0.15, 0.2) is 6.20 Å². The molecule has 0 spiro atoms. The summed E-state index contributed by atoms with van der Waals surface area (Å²) in [6.45, 7) is 5.52.